The van der Waals surface area contributed by atoms with Crippen LogP contribution in [-0.2, 0) is 6.61 Å². The first-order valence-electron chi connectivity index (χ1n) is 4.61. The SMILES string of the molecule is N[C@H](c1cc(CO)cc([N+](=O)[O-])c1O)C(F)(F)F. The van der Waals surface area contributed by atoms with Gasteiger partial charge in [0.05, 0.1) is 11.5 Å². The van der Waals surface area contributed by atoms with Crippen molar-refractivity contribution in [2.24, 2.45) is 5.73 Å². The van der Waals surface area contributed by atoms with Crippen LogP contribution in [0, 0.1) is 10.1 Å². The molecule has 1 aromatic carbocycles. The summed E-state index contributed by atoms with van der Waals surface area (Å²) in [5, 5.41) is 28.8. The van der Waals surface area contributed by atoms with Gasteiger partial charge in [-0.3, -0.25) is 10.1 Å². The molecule has 0 aromatic heterocycles. The Morgan fingerprint density at radius 3 is 2.39 bits per heavy atom. The molecule has 18 heavy (non-hydrogen) atoms. The largest absolute Gasteiger partial charge is 0.502 e. The van der Waals surface area contributed by atoms with Crippen LogP contribution in [0.3, 0.4) is 0 Å². The predicted octanol–water partition coefficient (Wildman–Crippen LogP) is 1.35. The summed E-state index contributed by atoms with van der Waals surface area (Å²) >= 11 is 0. The zero-order valence-corrected chi connectivity index (χ0v) is 8.81. The van der Waals surface area contributed by atoms with Gasteiger partial charge in [0.1, 0.15) is 6.04 Å². The molecule has 0 radical (unpaired) electrons. The number of phenolic OH excluding ortho intramolecular Hbond substituents is 1. The van der Waals surface area contributed by atoms with Gasteiger partial charge in [-0.15, -0.1) is 0 Å². The van der Waals surface area contributed by atoms with Crippen molar-refractivity contribution in [3.8, 4) is 5.75 Å². The lowest BCUT2D eigenvalue weighted by molar-refractivity contribution is -0.386. The van der Waals surface area contributed by atoms with E-state index in [1.54, 1.807) is 0 Å². The smallest absolute Gasteiger partial charge is 0.407 e. The lowest BCUT2D eigenvalue weighted by Crippen LogP contribution is -2.28. The number of benzene rings is 1. The van der Waals surface area contributed by atoms with Gasteiger partial charge in [-0.25, -0.2) is 0 Å². The molecule has 0 heterocycles. The second kappa shape index (κ2) is 4.78. The van der Waals surface area contributed by atoms with Gasteiger partial charge in [0.25, 0.3) is 0 Å². The van der Waals surface area contributed by atoms with E-state index in [2.05, 4.69) is 0 Å². The number of nitrogens with two attached hydrogens (primary N) is 1. The molecule has 0 bridgehead atoms. The number of nitro groups is 1. The Labute approximate surface area is 98.6 Å². The van der Waals surface area contributed by atoms with Gasteiger partial charge >= 0.3 is 11.9 Å². The highest BCUT2D eigenvalue weighted by Gasteiger charge is 2.40. The first kappa shape index (κ1) is 14.2. The molecule has 100 valence electrons. The van der Waals surface area contributed by atoms with Gasteiger partial charge in [-0.1, -0.05) is 0 Å². The Bertz CT molecular complexity index is 476. The van der Waals surface area contributed by atoms with E-state index in [-0.39, 0.29) is 5.56 Å². The van der Waals surface area contributed by atoms with Crippen LogP contribution in [0.2, 0.25) is 0 Å². The van der Waals surface area contributed by atoms with Crippen LogP contribution in [0.15, 0.2) is 12.1 Å². The van der Waals surface area contributed by atoms with Gasteiger partial charge in [0.15, 0.2) is 5.75 Å². The van der Waals surface area contributed by atoms with Crippen molar-refractivity contribution < 1.29 is 28.3 Å². The van der Waals surface area contributed by atoms with Crippen molar-refractivity contribution in [1.29, 1.82) is 0 Å². The molecule has 1 aromatic rings. The van der Waals surface area contributed by atoms with Gasteiger partial charge in [0.2, 0.25) is 0 Å². The number of alkyl halides is 3. The summed E-state index contributed by atoms with van der Waals surface area (Å²) in [6.07, 6.45) is -4.86. The Balaban J connectivity index is 3.44. The summed E-state index contributed by atoms with van der Waals surface area (Å²) in [4.78, 5) is 9.50. The Hall–Kier alpha value is -1.87. The van der Waals surface area contributed by atoms with Gasteiger partial charge in [-0.2, -0.15) is 13.2 Å². The fraction of sp³-hybridized carbons (Fsp3) is 0.333. The first-order valence-corrected chi connectivity index (χ1v) is 4.61. The third kappa shape index (κ3) is 2.68. The first-order chi connectivity index (χ1) is 8.18. The van der Waals surface area contributed by atoms with Gasteiger partial charge in [0, 0.05) is 11.6 Å². The summed E-state index contributed by atoms with van der Waals surface area (Å²) in [7, 11) is 0. The monoisotopic (exact) mass is 266 g/mol. The fourth-order valence-electron chi connectivity index (χ4n) is 1.35. The number of rotatable bonds is 3. The fourth-order valence-corrected chi connectivity index (χ4v) is 1.35. The number of phenols is 1. The zero-order valence-electron chi connectivity index (χ0n) is 8.81. The average Bonchev–Trinajstić information content (AvgIpc) is 2.26. The summed E-state index contributed by atoms with van der Waals surface area (Å²) < 4.78 is 37.2. The van der Waals surface area contributed by atoms with Gasteiger partial charge < -0.3 is 15.9 Å². The highest BCUT2D eigenvalue weighted by molar-refractivity contribution is 5.54. The van der Waals surface area contributed by atoms with E-state index in [1.807, 2.05) is 0 Å². The van der Waals surface area contributed by atoms with Crippen LogP contribution in [0.4, 0.5) is 18.9 Å². The summed E-state index contributed by atoms with van der Waals surface area (Å²) in [5.74, 6) is -1.15. The molecule has 0 aliphatic carbocycles. The van der Waals surface area contributed by atoms with Crippen LogP contribution in [0.25, 0.3) is 0 Å². The van der Waals surface area contributed by atoms with Crippen molar-refractivity contribution in [3.05, 3.63) is 33.4 Å². The molecule has 1 rings (SSSR count). The quantitative estimate of drug-likeness (QED) is 0.565. The number of aliphatic hydroxyl groups is 1. The van der Waals surface area contributed by atoms with Crippen molar-refractivity contribution in [3.63, 3.8) is 0 Å². The minimum atomic E-state index is -4.86. The van der Waals surface area contributed by atoms with E-state index in [4.69, 9.17) is 10.8 Å². The molecule has 0 amide bonds. The van der Waals surface area contributed by atoms with Crippen LogP contribution in [0.1, 0.15) is 17.2 Å². The molecule has 1 atom stereocenters. The third-order valence-corrected chi connectivity index (χ3v) is 2.25. The number of nitrogens with zero attached hydrogens (tertiary/aromatic N) is 1. The van der Waals surface area contributed by atoms with Crippen LogP contribution < -0.4 is 5.73 Å². The third-order valence-electron chi connectivity index (χ3n) is 2.25. The molecule has 0 saturated heterocycles. The van der Waals surface area contributed by atoms with Crippen LogP contribution in [-0.4, -0.2) is 21.3 Å². The number of halogens is 3. The number of aliphatic hydroxyl groups excluding tert-OH is 1. The van der Waals surface area contributed by atoms with E-state index < -0.39 is 40.7 Å². The van der Waals surface area contributed by atoms with Crippen molar-refractivity contribution >= 4 is 5.69 Å². The molecule has 4 N–H and O–H groups in total. The summed E-state index contributed by atoms with van der Waals surface area (Å²) in [6, 6.07) is -1.01. The minimum Gasteiger partial charge on any atom is -0.502 e. The molecule has 0 spiro atoms. The topological polar surface area (TPSA) is 110 Å². The van der Waals surface area contributed by atoms with Crippen molar-refractivity contribution in [1.82, 2.24) is 0 Å². The molecular formula is C9H9F3N2O4. The lowest BCUT2D eigenvalue weighted by Gasteiger charge is -2.17. The van der Waals surface area contributed by atoms with E-state index in [1.165, 1.54) is 0 Å². The Morgan fingerprint density at radius 2 is 2.00 bits per heavy atom. The molecular weight excluding hydrogens is 257 g/mol. The maximum atomic E-state index is 12.4. The normalized spacial score (nSPS) is 13.4. The van der Waals surface area contributed by atoms with Gasteiger partial charge in [-0.05, 0) is 11.6 Å². The molecule has 0 unspecified atom stereocenters. The van der Waals surface area contributed by atoms with E-state index in [0.717, 1.165) is 12.1 Å². The molecule has 6 nitrogen and oxygen atoms in total. The van der Waals surface area contributed by atoms with Crippen LogP contribution in [0.5, 0.6) is 5.75 Å². The maximum Gasteiger partial charge on any atom is 0.407 e. The molecule has 0 fully saturated rings. The average molecular weight is 266 g/mol. The summed E-state index contributed by atoms with van der Waals surface area (Å²) in [6.45, 7) is -0.710. The van der Waals surface area contributed by atoms with Crippen molar-refractivity contribution in [2.75, 3.05) is 0 Å². The van der Waals surface area contributed by atoms with Crippen molar-refractivity contribution in [2.45, 2.75) is 18.8 Å². The van der Waals surface area contributed by atoms with Crippen LogP contribution >= 0.6 is 0 Å². The highest BCUT2D eigenvalue weighted by Crippen LogP contribution is 2.40. The molecule has 0 aliphatic rings. The lowest BCUT2D eigenvalue weighted by atomic mass is 10.0. The summed E-state index contributed by atoms with van der Waals surface area (Å²) in [5.41, 5.74) is 2.95. The number of hydrogen-bond donors (Lipinski definition) is 3. The molecule has 0 saturated carbocycles. The predicted molar refractivity (Wildman–Crippen MR) is 53.7 cm³/mol. The number of nitro benzene ring substituents is 1. The van der Waals surface area contributed by atoms with E-state index >= 15 is 0 Å². The molecule has 0 aliphatic heterocycles. The highest BCUT2D eigenvalue weighted by atomic mass is 19.4. The standard InChI is InChI=1S/C9H9F3N2O4/c10-9(11,12)8(13)5-1-4(3-15)2-6(7(5)16)14(17)18/h1-2,8,15-16H,3,13H2/t8-/m1/s1. The minimum absolute atomic E-state index is 0.144. The Morgan fingerprint density at radius 1 is 1.44 bits per heavy atom. The Kier molecular flexibility index (Phi) is 3.77. The zero-order chi connectivity index (χ0) is 14.1. The maximum absolute atomic E-state index is 12.4. The van der Waals surface area contributed by atoms with E-state index in [9.17, 15) is 28.4 Å². The second-order valence-corrected chi connectivity index (χ2v) is 3.49. The number of aromatic hydroxyl groups is 1. The molecule has 9 heteroatoms. The van der Waals surface area contributed by atoms with E-state index in [0.29, 0.717) is 0 Å². The second-order valence-electron chi connectivity index (χ2n) is 3.49. The number of hydrogen-bond acceptors (Lipinski definition) is 5.